The first-order valence-corrected chi connectivity index (χ1v) is 16.3. The van der Waals surface area contributed by atoms with E-state index in [0.29, 0.717) is 50.4 Å². The Morgan fingerprint density at radius 2 is 1.58 bits per heavy atom. The van der Waals surface area contributed by atoms with Crippen LogP contribution in [0.1, 0.15) is 55.1 Å². The van der Waals surface area contributed by atoms with Crippen molar-refractivity contribution in [3.63, 3.8) is 0 Å². The van der Waals surface area contributed by atoms with Crippen LogP contribution in [0.15, 0.2) is 86.2 Å². The number of nitrogens with zero attached hydrogens (tertiary/aromatic N) is 12. The third-order valence-electron chi connectivity index (χ3n) is 7.31. The minimum absolute atomic E-state index is 0.317. The van der Waals surface area contributed by atoms with Crippen molar-refractivity contribution in [2.24, 2.45) is 0 Å². The largest absolute Gasteiger partial charge is 0.312 e. The Kier molecular flexibility index (Phi) is 7.67. The second kappa shape index (κ2) is 12.6. The summed E-state index contributed by atoms with van der Waals surface area (Å²) in [7, 11) is 0. The standard InChI is InChI=1S/C30H22N14O2S2/c45-26(21-6-2-10-33-24(21)42-15-31-14-35-42)36-29-40-38-23(47-29)13-18-4-1-5-20(12-18)43-16-32-17-44(43)25-22(7-3-11-34-25)27(46)37-30-41-39-28(48-30)19-8-9-19/h1-7,10-12,14-17,19H,8-9,13H2,(H-,36,37,40,41,45,46)/p+1. The monoisotopic (exact) mass is 675 g/mol. The molecule has 7 aromatic rings. The molecule has 0 aliphatic heterocycles. The normalized spacial score (nSPS) is 12.6. The fourth-order valence-electron chi connectivity index (χ4n) is 4.91. The van der Waals surface area contributed by atoms with Crippen LogP contribution in [0.4, 0.5) is 10.3 Å². The number of hydrogen-bond acceptors (Lipinski definition) is 13. The van der Waals surface area contributed by atoms with Crippen molar-refractivity contribution >= 4 is 44.8 Å². The van der Waals surface area contributed by atoms with Crippen LogP contribution in [-0.2, 0) is 6.42 Å². The van der Waals surface area contributed by atoms with Crippen molar-refractivity contribution in [1.29, 1.82) is 0 Å². The van der Waals surface area contributed by atoms with Gasteiger partial charge in [-0.3, -0.25) is 20.2 Å². The fraction of sp³-hybridized carbons (Fsp3) is 0.133. The summed E-state index contributed by atoms with van der Waals surface area (Å²) in [5.41, 5.74) is 2.41. The Bertz CT molecular complexity index is 2260. The number of aromatic nitrogens is 12. The van der Waals surface area contributed by atoms with Crippen molar-refractivity contribution in [2.75, 3.05) is 10.6 Å². The van der Waals surface area contributed by atoms with Crippen LogP contribution >= 0.6 is 22.7 Å². The third-order valence-corrected chi connectivity index (χ3v) is 9.14. The Hall–Kier alpha value is -6.14. The number of carbonyl (C=O) groups is 2. The Morgan fingerprint density at radius 3 is 2.35 bits per heavy atom. The summed E-state index contributed by atoms with van der Waals surface area (Å²) in [6, 6.07) is 14.6. The molecule has 6 heterocycles. The molecule has 8 rings (SSSR count). The number of benzene rings is 1. The molecule has 0 radical (unpaired) electrons. The molecular formula is C30H23N14O2S2+. The lowest BCUT2D eigenvalue weighted by Gasteiger charge is -2.09. The van der Waals surface area contributed by atoms with E-state index in [1.165, 1.54) is 40.0 Å². The molecular weight excluding hydrogens is 653 g/mol. The van der Waals surface area contributed by atoms with Crippen LogP contribution in [0.5, 0.6) is 0 Å². The summed E-state index contributed by atoms with van der Waals surface area (Å²) in [6.45, 7) is 0. The highest BCUT2D eigenvalue weighted by atomic mass is 32.1. The number of pyridine rings is 2. The van der Waals surface area contributed by atoms with E-state index in [1.807, 2.05) is 24.3 Å². The lowest BCUT2D eigenvalue weighted by atomic mass is 10.1. The van der Waals surface area contributed by atoms with E-state index >= 15 is 0 Å². The molecule has 0 spiro atoms. The molecule has 0 atom stereocenters. The Labute approximate surface area is 279 Å². The zero-order valence-electron chi connectivity index (χ0n) is 24.8. The molecule has 2 amide bonds. The molecule has 6 aromatic heterocycles. The van der Waals surface area contributed by atoms with Gasteiger partial charge >= 0.3 is 6.33 Å². The van der Waals surface area contributed by atoms with Crippen LogP contribution in [0.25, 0.3) is 17.3 Å². The highest BCUT2D eigenvalue weighted by Gasteiger charge is 2.28. The second-order valence-corrected chi connectivity index (χ2v) is 12.7. The average Bonchev–Trinajstić information content (AvgIpc) is 3.57. The topological polar surface area (TPSA) is 188 Å². The van der Waals surface area contributed by atoms with Gasteiger partial charge in [0.25, 0.3) is 11.8 Å². The van der Waals surface area contributed by atoms with Crippen LogP contribution < -0.4 is 15.3 Å². The predicted molar refractivity (Wildman–Crippen MR) is 173 cm³/mol. The molecule has 16 nitrogen and oxygen atoms in total. The van der Waals surface area contributed by atoms with Gasteiger partial charge in [0.15, 0.2) is 17.3 Å². The molecule has 2 N–H and O–H groups in total. The Morgan fingerprint density at radius 1 is 0.833 bits per heavy atom. The first-order chi connectivity index (χ1) is 23.6. The summed E-state index contributed by atoms with van der Waals surface area (Å²) in [4.78, 5) is 43.5. The van der Waals surface area contributed by atoms with Gasteiger partial charge in [0.1, 0.15) is 22.7 Å². The molecule has 1 saturated carbocycles. The maximum atomic E-state index is 13.3. The highest BCUT2D eigenvalue weighted by Crippen LogP contribution is 2.42. The van der Waals surface area contributed by atoms with E-state index in [9.17, 15) is 9.59 Å². The maximum absolute atomic E-state index is 13.3. The quantitative estimate of drug-likeness (QED) is 0.203. The molecule has 1 fully saturated rings. The lowest BCUT2D eigenvalue weighted by molar-refractivity contribution is -0.676. The first kappa shape index (κ1) is 29.3. The van der Waals surface area contributed by atoms with Crippen LogP contribution in [-0.4, -0.2) is 66.6 Å². The molecule has 1 aliphatic rings. The first-order valence-electron chi connectivity index (χ1n) is 14.7. The van der Waals surface area contributed by atoms with Gasteiger partial charge in [0.05, 0.1) is 11.1 Å². The van der Waals surface area contributed by atoms with Gasteiger partial charge in [-0.1, -0.05) is 34.8 Å². The van der Waals surface area contributed by atoms with E-state index in [1.54, 1.807) is 58.7 Å². The van der Waals surface area contributed by atoms with Crippen molar-refractivity contribution in [2.45, 2.75) is 25.2 Å². The predicted octanol–water partition coefficient (Wildman–Crippen LogP) is 3.20. The fourth-order valence-corrected chi connectivity index (χ4v) is 6.59. The molecule has 1 aliphatic carbocycles. The zero-order valence-corrected chi connectivity index (χ0v) is 26.4. The highest BCUT2D eigenvalue weighted by molar-refractivity contribution is 7.15. The van der Waals surface area contributed by atoms with E-state index in [4.69, 9.17) is 0 Å². The summed E-state index contributed by atoms with van der Waals surface area (Å²) in [5.74, 6) is 0.466. The molecule has 0 saturated heterocycles. The Balaban J connectivity index is 0.988. The summed E-state index contributed by atoms with van der Waals surface area (Å²) in [6.07, 6.45) is 12.0. The lowest BCUT2D eigenvalue weighted by Crippen LogP contribution is -2.40. The van der Waals surface area contributed by atoms with Gasteiger partial charge in [-0.05, 0) is 59.8 Å². The molecule has 236 valence electrons. The summed E-state index contributed by atoms with van der Waals surface area (Å²) < 4.78 is 4.92. The number of nitrogens with one attached hydrogen (secondary N) is 2. The summed E-state index contributed by atoms with van der Waals surface area (Å²) >= 11 is 2.67. The van der Waals surface area contributed by atoms with Gasteiger partial charge in [-0.25, -0.2) is 19.6 Å². The molecule has 0 unspecified atom stereocenters. The van der Waals surface area contributed by atoms with E-state index in [0.717, 1.165) is 29.1 Å². The van der Waals surface area contributed by atoms with Gasteiger partial charge in [0.2, 0.25) is 16.6 Å². The number of amides is 2. The van der Waals surface area contributed by atoms with Gasteiger partial charge in [-0.15, -0.1) is 29.8 Å². The third kappa shape index (κ3) is 6.04. The van der Waals surface area contributed by atoms with E-state index in [2.05, 4.69) is 56.1 Å². The van der Waals surface area contributed by atoms with Crippen molar-refractivity contribution in [1.82, 2.24) is 54.8 Å². The smallest absolute Gasteiger partial charge is 0.296 e. The van der Waals surface area contributed by atoms with Crippen LogP contribution in [0, 0.1) is 0 Å². The zero-order chi connectivity index (χ0) is 32.5. The molecule has 18 heteroatoms. The van der Waals surface area contributed by atoms with Gasteiger partial charge < -0.3 is 0 Å². The summed E-state index contributed by atoms with van der Waals surface area (Å²) in [5, 5.41) is 29.0. The van der Waals surface area contributed by atoms with Gasteiger partial charge in [0, 0.05) is 24.7 Å². The van der Waals surface area contributed by atoms with Crippen molar-refractivity contribution in [3.8, 4) is 17.3 Å². The van der Waals surface area contributed by atoms with Gasteiger partial charge in [-0.2, -0.15) is 5.10 Å². The van der Waals surface area contributed by atoms with Crippen molar-refractivity contribution < 1.29 is 14.3 Å². The minimum Gasteiger partial charge on any atom is -0.296 e. The second-order valence-electron chi connectivity index (χ2n) is 10.6. The minimum atomic E-state index is -0.392. The number of anilines is 2. The van der Waals surface area contributed by atoms with Crippen LogP contribution in [0.2, 0.25) is 0 Å². The van der Waals surface area contributed by atoms with E-state index < -0.39 is 5.91 Å². The molecule has 1 aromatic carbocycles. The number of hydrogen-bond donors (Lipinski definition) is 2. The average molecular weight is 676 g/mol. The van der Waals surface area contributed by atoms with Crippen LogP contribution in [0.3, 0.4) is 0 Å². The number of rotatable bonds is 10. The molecule has 48 heavy (non-hydrogen) atoms. The van der Waals surface area contributed by atoms with Crippen molar-refractivity contribution in [3.05, 3.63) is 113 Å². The maximum Gasteiger partial charge on any atom is 0.312 e. The SMILES string of the molecule is O=C(Nc1nnc(Cc2cccc(-[n+]3cncn3-c3ncccc3C(=O)Nc3nnc(C4CC4)s3)c2)s1)c1cccnc1-n1cncn1. The number of carbonyl (C=O) groups excluding carboxylic acids is 2. The molecule has 0 bridgehead atoms. The van der Waals surface area contributed by atoms with E-state index in [-0.39, 0.29) is 5.91 Å².